The van der Waals surface area contributed by atoms with E-state index < -0.39 is 10.0 Å². The second-order valence-electron chi connectivity index (χ2n) is 6.70. The van der Waals surface area contributed by atoms with Gasteiger partial charge in [0.1, 0.15) is 5.52 Å². The lowest BCUT2D eigenvalue weighted by Gasteiger charge is -2.12. The van der Waals surface area contributed by atoms with Crippen molar-refractivity contribution in [3.8, 4) is 11.3 Å². The van der Waals surface area contributed by atoms with Crippen LogP contribution in [0.1, 0.15) is 13.8 Å². The third-order valence-corrected chi connectivity index (χ3v) is 6.30. The fourth-order valence-electron chi connectivity index (χ4n) is 2.82. The van der Waals surface area contributed by atoms with E-state index in [9.17, 15) is 8.42 Å². The Morgan fingerprint density at radius 1 is 1.03 bits per heavy atom. The number of sulfonamides is 1. The summed E-state index contributed by atoms with van der Waals surface area (Å²) in [5, 5.41) is 6.17. The minimum Gasteiger partial charge on any atom is -0.379 e. The molecule has 0 aliphatic carbocycles. The molecule has 4 rings (SSSR count). The zero-order valence-electron chi connectivity index (χ0n) is 19.3. The quantitative estimate of drug-likeness (QED) is 0.612. The minimum atomic E-state index is -3.45. The van der Waals surface area contributed by atoms with E-state index in [1.807, 2.05) is 19.9 Å². The largest absolute Gasteiger partial charge is 0.379 e. The first kappa shape index (κ1) is 25.6. The van der Waals surface area contributed by atoms with Gasteiger partial charge >= 0.3 is 0 Å². The van der Waals surface area contributed by atoms with E-state index in [1.54, 1.807) is 43.7 Å². The first-order chi connectivity index (χ1) is 15.4. The van der Waals surface area contributed by atoms with Crippen molar-refractivity contribution in [2.24, 2.45) is 0 Å². The zero-order chi connectivity index (χ0) is 23.6. The van der Waals surface area contributed by atoms with Gasteiger partial charge in [-0.1, -0.05) is 26.0 Å². The number of nitrogens with one attached hydrogen (secondary N) is 2. The van der Waals surface area contributed by atoms with Crippen LogP contribution in [0.3, 0.4) is 0 Å². The van der Waals surface area contributed by atoms with E-state index in [-0.39, 0.29) is 4.90 Å². The van der Waals surface area contributed by atoms with Gasteiger partial charge in [-0.2, -0.15) is 0 Å². The van der Waals surface area contributed by atoms with Crippen LogP contribution in [0.25, 0.3) is 22.3 Å². The molecule has 3 aromatic rings. The molecule has 9 nitrogen and oxygen atoms in total. The Balaban J connectivity index is 0.000000387. The number of pyridine rings is 1. The standard InChI is InChI=1S/C16H17N5O2S.C4H9NO.C2H6/c1-17-16-15-14(18-8-9-19-15)10-13(20-16)11-4-6-12(7-5-11)24(22,23)21(2)3;1-3-6-4-2-5-1;1-2/h4-10H,1-3H3,(H,17,20);5H,1-4H2;1-2H3. The molecule has 2 aromatic heterocycles. The molecule has 0 atom stereocenters. The number of ether oxygens (including phenoxy) is 1. The van der Waals surface area contributed by atoms with Crippen LogP contribution in [0.5, 0.6) is 0 Å². The van der Waals surface area contributed by atoms with E-state index in [0.29, 0.717) is 17.0 Å². The van der Waals surface area contributed by atoms with E-state index in [1.165, 1.54) is 18.4 Å². The summed E-state index contributed by atoms with van der Waals surface area (Å²) in [4.78, 5) is 13.4. The summed E-state index contributed by atoms with van der Waals surface area (Å²) in [7, 11) is 1.34. The van der Waals surface area contributed by atoms with Gasteiger partial charge < -0.3 is 15.4 Å². The number of fused-ring (bicyclic) bond motifs is 1. The van der Waals surface area contributed by atoms with Crippen LogP contribution in [-0.4, -0.2) is 75.1 Å². The summed E-state index contributed by atoms with van der Waals surface area (Å²) >= 11 is 0. The van der Waals surface area contributed by atoms with E-state index in [4.69, 9.17) is 4.74 Å². The molecule has 1 fully saturated rings. The summed E-state index contributed by atoms with van der Waals surface area (Å²) in [6.45, 7) is 7.83. The van der Waals surface area contributed by atoms with Gasteiger partial charge in [-0.05, 0) is 18.2 Å². The van der Waals surface area contributed by atoms with Crippen LogP contribution >= 0.6 is 0 Å². The second-order valence-corrected chi connectivity index (χ2v) is 8.86. The van der Waals surface area contributed by atoms with Crippen LogP contribution in [0.15, 0.2) is 47.6 Å². The normalized spacial score (nSPS) is 13.6. The summed E-state index contributed by atoms with van der Waals surface area (Å²) in [5.74, 6) is 0.626. The third-order valence-electron chi connectivity index (χ3n) is 4.47. The van der Waals surface area contributed by atoms with Gasteiger partial charge in [0.25, 0.3) is 0 Å². The Hall–Kier alpha value is -2.66. The first-order valence-corrected chi connectivity index (χ1v) is 12.0. The Morgan fingerprint density at radius 3 is 2.16 bits per heavy atom. The lowest BCUT2D eigenvalue weighted by molar-refractivity contribution is 0.109. The maximum absolute atomic E-state index is 12.1. The van der Waals surface area contributed by atoms with Gasteiger partial charge in [-0.3, -0.25) is 4.98 Å². The molecular formula is C22H32N6O3S. The maximum Gasteiger partial charge on any atom is 0.242 e. The molecule has 174 valence electrons. The minimum absolute atomic E-state index is 0.241. The van der Waals surface area contributed by atoms with Crippen LogP contribution in [0, 0.1) is 0 Å². The molecule has 2 N–H and O–H groups in total. The van der Waals surface area contributed by atoms with Crippen LogP contribution in [0.4, 0.5) is 5.82 Å². The highest BCUT2D eigenvalue weighted by atomic mass is 32.2. The molecule has 0 amide bonds. The zero-order valence-corrected chi connectivity index (χ0v) is 20.1. The highest BCUT2D eigenvalue weighted by molar-refractivity contribution is 7.89. The van der Waals surface area contributed by atoms with Crippen molar-refractivity contribution in [1.82, 2.24) is 24.6 Å². The Labute approximate surface area is 190 Å². The van der Waals surface area contributed by atoms with Crippen molar-refractivity contribution >= 4 is 26.9 Å². The van der Waals surface area contributed by atoms with Crippen molar-refractivity contribution in [2.75, 3.05) is 52.8 Å². The molecule has 0 bridgehead atoms. The smallest absolute Gasteiger partial charge is 0.242 e. The highest BCUT2D eigenvalue weighted by Crippen LogP contribution is 2.26. The van der Waals surface area contributed by atoms with Crippen LogP contribution in [-0.2, 0) is 14.8 Å². The fourth-order valence-corrected chi connectivity index (χ4v) is 3.72. The molecule has 1 saturated heterocycles. The fraction of sp³-hybridized carbons (Fsp3) is 0.409. The summed E-state index contributed by atoms with van der Waals surface area (Å²) in [5.41, 5.74) is 2.91. The van der Waals surface area contributed by atoms with Gasteiger partial charge in [-0.15, -0.1) is 0 Å². The number of hydrogen-bond acceptors (Lipinski definition) is 8. The van der Waals surface area contributed by atoms with Gasteiger partial charge in [0.2, 0.25) is 10.0 Å². The van der Waals surface area contributed by atoms with Gasteiger partial charge in [-0.25, -0.2) is 22.7 Å². The Bertz CT molecular complexity index is 1070. The molecule has 0 saturated carbocycles. The monoisotopic (exact) mass is 460 g/mol. The number of morpholine rings is 1. The van der Waals surface area contributed by atoms with E-state index in [2.05, 4.69) is 25.6 Å². The molecule has 1 aliphatic rings. The number of anilines is 1. The van der Waals surface area contributed by atoms with E-state index >= 15 is 0 Å². The van der Waals surface area contributed by atoms with Gasteiger partial charge in [0.05, 0.1) is 29.3 Å². The summed E-state index contributed by atoms with van der Waals surface area (Å²) in [6, 6.07) is 8.46. The lowest BCUT2D eigenvalue weighted by atomic mass is 10.1. The molecule has 1 aromatic carbocycles. The average molecular weight is 461 g/mol. The molecule has 1 aliphatic heterocycles. The number of aromatic nitrogens is 3. The predicted octanol–water partition coefficient (Wildman–Crippen LogP) is 2.62. The van der Waals surface area contributed by atoms with Crippen molar-refractivity contribution in [2.45, 2.75) is 18.7 Å². The van der Waals surface area contributed by atoms with Crippen LogP contribution < -0.4 is 10.6 Å². The topological polar surface area (TPSA) is 109 Å². The van der Waals surface area contributed by atoms with Crippen molar-refractivity contribution < 1.29 is 13.2 Å². The lowest BCUT2D eigenvalue weighted by Crippen LogP contribution is -2.30. The molecular weight excluding hydrogens is 428 g/mol. The Kier molecular flexibility index (Phi) is 9.92. The molecule has 0 unspecified atom stereocenters. The molecule has 10 heteroatoms. The predicted molar refractivity (Wildman–Crippen MR) is 128 cm³/mol. The number of benzene rings is 1. The third kappa shape index (κ3) is 6.42. The highest BCUT2D eigenvalue weighted by Gasteiger charge is 2.17. The summed E-state index contributed by atoms with van der Waals surface area (Å²) < 4.78 is 30.5. The van der Waals surface area contributed by atoms with Crippen molar-refractivity contribution in [3.05, 3.63) is 42.7 Å². The van der Waals surface area contributed by atoms with Crippen LogP contribution in [0.2, 0.25) is 0 Å². The molecule has 32 heavy (non-hydrogen) atoms. The van der Waals surface area contributed by atoms with Gasteiger partial charge in [0.15, 0.2) is 5.82 Å². The van der Waals surface area contributed by atoms with Crippen molar-refractivity contribution in [1.29, 1.82) is 0 Å². The van der Waals surface area contributed by atoms with Crippen molar-refractivity contribution in [3.63, 3.8) is 0 Å². The number of hydrogen-bond donors (Lipinski definition) is 2. The Morgan fingerprint density at radius 2 is 1.66 bits per heavy atom. The van der Waals surface area contributed by atoms with Gasteiger partial charge in [0, 0.05) is 52.2 Å². The molecule has 3 heterocycles. The van der Waals surface area contributed by atoms with E-state index in [0.717, 1.165) is 37.4 Å². The maximum atomic E-state index is 12.1. The number of nitrogens with zero attached hydrogens (tertiary/aromatic N) is 4. The second kappa shape index (κ2) is 12.4. The molecule has 0 radical (unpaired) electrons. The SMILES string of the molecule is C1COCCN1.CC.CNc1nc(-c2ccc(S(=O)(=O)N(C)C)cc2)cc2nccnc12. The average Bonchev–Trinajstić information content (AvgIpc) is 2.86. The summed E-state index contributed by atoms with van der Waals surface area (Å²) in [6.07, 6.45) is 3.24. The first-order valence-electron chi connectivity index (χ1n) is 10.5. The number of rotatable bonds is 4. The molecule has 0 spiro atoms.